The zero-order chi connectivity index (χ0) is 25.7. The van der Waals surface area contributed by atoms with Gasteiger partial charge in [-0.25, -0.2) is 28.1 Å². The van der Waals surface area contributed by atoms with Crippen LogP contribution in [0, 0.1) is 11.6 Å². The zero-order valence-corrected chi connectivity index (χ0v) is 20.7. The first-order valence-electron chi connectivity index (χ1n) is 11.5. The van der Waals surface area contributed by atoms with Gasteiger partial charge in [0.05, 0.1) is 35.6 Å². The van der Waals surface area contributed by atoms with E-state index >= 15 is 0 Å². The molecule has 188 valence electrons. The maximum Gasteiger partial charge on any atom is 0.276 e. The number of pyridine rings is 2. The van der Waals surface area contributed by atoms with Crippen molar-refractivity contribution < 1.29 is 18.3 Å². The van der Waals surface area contributed by atoms with E-state index < -0.39 is 11.6 Å². The minimum Gasteiger partial charge on any atom is -0.480 e. The largest absolute Gasteiger partial charge is 0.480 e. The molecule has 6 rings (SSSR count). The summed E-state index contributed by atoms with van der Waals surface area (Å²) in [6.07, 6.45) is 1.67. The monoisotopic (exact) mass is 521 g/mol. The van der Waals surface area contributed by atoms with E-state index in [1.54, 1.807) is 15.6 Å². The summed E-state index contributed by atoms with van der Waals surface area (Å²) in [7, 11) is 1.49. The SMILES string of the molecule is COc1ncc(-c2ccc3nc4c(cc3c2)c(=O)n2n4COCC2C)cc1NSc1ccc(F)cc1F. The molecule has 0 spiro atoms. The zero-order valence-electron chi connectivity index (χ0n) is 19.9. The molecule has 4 heterocycles. The lowest BCUT2D eigenvalue weighted by molar-refractivity contribution is -0.00315. The van der Waals surface area contributed by atoms with E-state index in [-0.39, 0.29) is 23.2 Å². The summed E-state index contributed by atoms with van der Waals surface area (Å²) in [4.78, 5) is 22.5. The van der Waals surface area contributed by atoms with Gasteiger partial charge in [0.2, 0.25) is 5.88 Å². The van der Waals surface area contributed by atoms with Crippen molar-refractivity contribution in [1.29, 1.82) is 0 Å². The first-order valence-corrected chi connectivity index (χ1v) is 12.3. The Balaban J connectivity index is 1.37. The van der Waals surface area contributed by atoms with E-state index in [9.17, 15) is 13.6 Å². The van der Waals surface area contributed by atoms with Crippen LogP contribution in [0.2, 0.25) is 0 Å². The van der Waals surface area contributed by atoms with Crippen LogP contribution in [0.4, 0.5) is 14.5 Å². The number of methoxy groups -OCH3 is 1. The second kappa shape index (κ2) is 9.16. The Bertz CT molecular complexity index is 1740. The van der Waals surface area contributed by atoms with Gasteiger partial charge in [-0.3, -0.25) is 4.79 Å². The van der Waals surface area contributed by atoms with E-state index in [2.05, 4.69) is 9.71 Å². The molecule has 1 aliphatic rings. The van der Waals surface area contributed by atoms with Gasteiger partial charge in [0.25, 0.3) is 5.56 Å². The van der Waals surface area contributed by atoms with E-state index in [0.717, 1.165) is 40.0 Å². The molecule has 1 N–H and O–H groups in total. The normalized spacial score (nSPS) is 15.2. The van der Waals surface area contributed by atoms with Crippen LogP contribution in [0.15, 0.2) is 64.4 Å². The minimum absolute atomic E-state index is 0.0772. The molecule has 1 unspecified atom stereocenters. The summed E-state index contributed by atoms with van der Waals surface area (Å²) in [6, 6.07) is 12.8. The van der Waals surface area contributed by atoms with Crippen molar-refractivity contribution in [2.75, 3.05) is 18.4 Å². The first-order chi connectivity index (χ1) is 17.9. The van der Waals surface area contributed by atoms with E-state index in [1.165, 1.54) is 19.2 Å². The molecule has 2 aromatic carbocycles. The summed E-state index contributed by atoms with van der Waals surface area (Å²) in [5.41, 5.74) is 3.41. The molecular formula is C26H21F2N5O3S. The van der Waals surface area contributed by atoms with Crippen molar-refractivity contribution in [2.45, 2.75) is 24.6 Å². The highest BCUT2D eigenvalue weighted by atomic mass is 32.2. The van der Waals surface area contributed by atoms with Gasteiger partial charge in [-0.05, 0) is 60.8 Å². The Kier molecular flexibility index (Phi) is 5.81. The summed E-state index contributed by atoms with van der Waals surface area (Å²) < 4.78 is 44.8. The second-order valence-corrected chi connectivity index (χ2v) is 9.57. The van der Waals surface area contributed by atoms with Crippen molar-refractivity contribution in [3.8, 4) is 17.0 Å². The van der Waals surface area contributed by atoms with Crippen molar-refractivity contribution >= 4 is 39.6 Å². The maximum absolute atomic E-state index is 14.1. The predicted molar refractivity (Wildman–Crippen MR) is 138 cm³/mol. The van der Waals surface area contributed by atoms with Crippen LogP contribution in [0.5, 0.6) is 5.88 Å². The highest BCUT2D eigenvalue weighted by Gasteiger charge is 2.23. The standard InChI is InChI=1S/C26H21F2N5O3S/c1-14-12-36-13-32-24-19(26(34)33(14)32)8-16-7-15(3-5-21(16)30-24)17-9-22(25(35-2)29-11-17)31-37-23-6-4-18(27)10-20(23)28/h3-11,14,31H,12-13H2,1-2H3. The molecule has 37 heavy (non-hydrogen) atoms. The number of nitrogens with zero attached hydrogens (tertiary/aromatic N) is 4. The molecule has 0 fully saturated rings. The molecule has 0 saturated carbocycles. The number of anilines is 1. The Morgan fingerprint density at radius 1 is 1.14 bits per heavy atom. The molecule has 0 bridgehead atoms. The number of rotatable bonds is 5. The van der Waals surface area contributed by atoms with Gasteiger partial charge >= 0.3 is 0 Å². The van der Waals surface area contributed by atoms with Crippen molar-refractivity contribution in [3.63, 3.8) is 0 Å². The minimum atomic E-state index is -0.668. The molecule has 0 aliphatic carbocycles. The van der Waals surface area contributed by atoms with Gasteiger partial charge in [0.15, 0.2) is 5.65 Å². The van der Waals surface area contributed by atoms with Crippen LogP contribution in [0.25, 0.3) is 33.1 Å². The molecule has 5 aromatic rings. The predicted octanol–water partition coefficient (Wildman–Crippen LogP) is 5.37. The maximum atomic E-state index is 14.1. The number of halogens is 2. The average molecular weight is 522 g/mol. The highest BCUT2D eigenvalue weighted by molar-refractivity contribution is 8.00. The number of nitrogens with one attached hydrogen (secondary N) is 1. The second-order valence-electron chi connectivity index (χ2n) is 8.72. The molecule has 0 amide bonds. The van der Waals surface area contributed by atoms with Gasteiger partial charge in [-0.15, -0.1) is 0 Å². The van der Waals surface area contributed by atoms with Crippen LogP contribution in [0.3, 0.4) is 0 Å². The lowest BCUT2D eigenvalue weighted by atomic mass is 10.0. The lowest BCUT2D eigenvalue weighted by Gasteiger charge is -2.23. The summed E-state index contributed by atoms with van der Waals surface area (Å²) in [5, 5.41) is 1.35. The van der Waals surface area contributed by atoms with Crippen molar-refractivity contribution in [2.24, 2.45) is 0 Å². The first kappa shape index (κ1) is 23.4. The summed E-state index contributed by atoms with van der Waals surface area (Å²) in [5.74, 6) is -0.984. The van der Waals surface area contributed by atoms with Gasteiger partial charge in [-0.1, -0.05) is 6.07 Å². The van der Waals surface area contributed by atoms with Gasteiger partial charge < -0.3 is 14.2 Å². The fourth-order valence-electron chi connectivity index (χ4n) is 4.49. The molecule has 8 nitrogen and oxygen atoms in total. The van der Waals surface area contributed by atoms with E-state index in [1.807, 2.05) is 37.3 Å². The number of hydrogen-bond acceptors (Lipinski definition) is 7. The topological polar surface area (TPSA) is 83.2 Å². The molecular weight excluding hydrogens is 500 g/mol. The Labute approximate surface area is 214 Å². The smallest absolute Gasteiger partial charge is 0.276 e. The Hall–Kier alpha value is -3.96. The number of aromatic nitrogens is 4. The third-order valence-corrected chi connectivity index (χ3v) is 7.14. The Morgan fingerprint density at radius 3 is 2.81 bits per heavy atom. The van der Waals surface area contributed by atoms with Crippen molar-refractivity contribution in [3.05, 3.63) is 76.7 Å². The average Bonchev–Trinajstić information content (AvgIpc) is 3.18. The van der Waals surface area contributed by atoms with Crippen LogP contribution < -0.4 is 15.0 Å². The van der Waals surface area contributed by atoms with Crippen molar-refractivity contribution in [1.82, 2.24) is 19.3 Å². The number of hydrogen-bond donors (Lipinski definition) is 1. The van der Waals surface area contributed by atoms with Gasteiger partial charge in [-0.2, -0.15) is 0 Å². The highest BCUT2D eigenvalue weighted by Crippen LogP contribution is 2.34. The van der Waals surface area contributed by atoms with E-state index in [4.69, 9.17) is 14.5 Å². The third kappa shape index (κ3) is 4.09. The molecule has 1 atom stereocenters. The summed E-state index contributed by atoms with van der Waals surface area (Å²) in [6.45, 7) is 2.71. The molecule has 11 heteroatoms. The van der Waals surface area contributed by atoms with Crippen LogP contribution in [-0.4, -0.2) is 33.0 Å². The summed E-state index contributed by atoms with van der Waals surface area (Å²) >= 11 is 0.990. The quantitative estimate of drug-likeness (QED) is 0.312. The van der Waals surface area contributed by atoms with Crippen LogP contribution >= 0.6 is 11.9 Å². The van der Waals surface area contributed by atoms with Gasteiger partial charge in [0, 0.05) is 23.2 Å². The fraction of sp³-hybridized carbons (Fsp3) is 0.192. The number of fused-ring (bicyclic) bond motifs is 4. The molecule has 3 aromatic heterocycles. The Morgan fingerprint density at radius 2 is 2.00 bits per heavy atom. The van der Waals surface area contributed by atoms with Crippen LogP contribution in [0.1, 0.15) is 13.0 Å². The number of benzene rings is 2. The third-order valence-electron chi connectivity index (χ3n) is 6.27. The molecule has 1 aliphatic heterocycles. The fourth-order valence-corrected chi connectivity index (χ4v) is 5.15. The van der Waals surface area contributed by atoms with Crippen LogP contribution in [-0.2, 0) is 11.5 Å². The van der Waals surface area contributed by atoms with E-state index in [0.29, 0.717) is 29.2 Å². The number of ether oxygens (including phenoxy) is 2. The van der Waals surface area contributed by atoms with Gasteiger partial charge in [0.1, 0.15) is 24.1 Å². The molecule has 0 radical (unpaired) electrons. The lowest BCUT2D eigenvalue weighted by Crippen LogP contribution is -2.34. The molecule has 0 saturated heterocycles.